The molecule has 1 heterocycles. The summed E-state index contributed by atoms with van der Waals surface area (Å²) in [6.07, 6.45) is 2.18. The van der Waals surface area contributed by atoms with E-state index >= 15 is 0 Å². The number of likely N-dealkylation sites (tertiary alicyclic amines) is 1. The minimum absolute atomic E-state index is 0.0363. The molecule has 1 amide bonds. The van der Waals surface area contributed by atoms with Crippen LogP contribution in [0.5, 0.6) is 0 Å². The van der Waals surface area contributed by atoms with Crippen LogP contribution in [0.15, 0.2) is 24.3 Å². The highest BCUT2D eigenvalue weighted by molar-refractivity contribution is 5.99. The number of para-hydroxylation sites is 1. The predicted molar refractivity (Wildman–Crippen MR) is 71.2 cm³/mol. The van der Waals surface area contributed by atoms with Gasteiger partial charge in [0.1, 0.15) is 0 Å². The van der Waals surface area contributed by atoms with E-state index in [0.29, 0.717) is 30.8 Å². The van der Waals surface area contributed by atoms with Gasteiger partial charge in [0.2, 0.25) is 0 Å². The van der Waals surface area contributed by atoms with Crippen molar-refractivity contribution < 1.29 is 9.90 Å². The topological polar surface area (TPSA) is 66.6 Å². The molecule has 4 heteroatoms. The summed E-state index contributed by atoms with van der Waals surface area (Å²) in [5.74, 6) is -0.0363. The van der Waals surface area contributed by atoms with Crippen LogP contribution in [0.25, 0.3) is 0 Å². The Labute approximate surface area is 107 Å². The smallest absolute Gasteiger partial charge is 0.255 e. The van der Waals surface area contributed by atoms with Gasteiger partial charge in [-0.15, -0.1) is 0 Å². The molecule has 0 saturated carbocycles. The van der Waals surface area contributed by atoms with E-state index in [1.54, 1.807) is 17.0 Å². The predicted octanol–water partition coefficient (Wildman–Crippen LogP) is 1.65. The highest BCUT2D eigenvalue weighted by Crippen LogP contribution is 2.23. The summed E-state index contributed by atoms with van der Waals surface area (Å²) in [7, 11) is 0. The van der Waals surface area contributed by atoms with Gasteiger partial charge in [-0.05, 0) is 38.3 Å². The van der Waals surface area contributed by atoms with E-state index in [4.69, 9.17) is 5.73 Å². The summed E-state index contributed by atoms with van der Waals surface area (Å²) in [6, 6.07) is 7.12. The molecule has 1 saturated heterocycles. The molecule has 0 radical (unpaired) electrons. The number of nitrogens with zero attached hydrogens (tertiary/aromatic N) is 1. The fourth-order valence-corrected chi connectivity index (χ4v) is 2.33. The number of rotatable bonds is 1. The minimum atomic E-state index is -0.655. The molecule has 1 aliphatic heterocycles. The zero-order valence-electron chi connectivity index (χ0n) is 10.7. The lowest BCUT2D eigenvalue weighted by molar-refractivity contribution is 0.0438. The lowest BCUT2D eigenvalue weighted by Gasteiger charge is -2.23. The second-order valence-corrected chi connectivity index (χ2v) is 5.23. The van der Waals surface area contributed by atoms with Gasteiger partial charge in [0.05, 0.1) is 11.2 Å². The fraction of sp³-hybridized carbons (Fsp3) is 0.500. The molecule has 0 aliphatic carbocycles. The molecule has 1 fully saturated rings. The van der Waals surface area contributed by atoms with Crippen molar-refractivity contribution in [3.05, 3.63) is 29.8 Å². The lowest BCUT2D eigenvalue weighted by atomic mass is 9.98. The van der Waals surface area contributed by atoms with Gasteiger partial charge in [-0.1, -0.05) is 12.1 Å². The summed E-state index contributed by atoms with van der Waals surface area (Å²) in [6.45, 7) is 3.10. The number of amides is 1. The van der Waals surface area contributed by atoms with Crippen LogP contribution in [0.2, 0.25) is 0 Å². The second kappa shape index (κ2) is 4.98. The number of nitrogens with two attached hydrogens (primary N) is 1. The van der Waals surface area contributed by atoms with Crippen LogP contribution in [-0.2, 0) is 0 Å². The first kappa shape index (κ1) is 12.9. The zero-order chi connectivity index (χ0) is 13.2. The SMILES string of the molecule is CC1(O)CCCN(C(=O)c2ccccc2N)CC1. The van der Waals surface area contributed by atoms with E-state index < -0.39 is 5.60 Å². The molecule has 1 atom stereocenters. The number of anilines is 1. The highest BCUT2D eigenvalue weighted by atomic mass is 16.3. The lowest BCUT2D eigenvalue weighted by Crippen LogP contribution is -2.33. The Hall–Kier alpha value is -1.55. The van der Waals surface area contributed by atoms with Gasteiger partial charge in [-0.3, -0.25) is 4.79 Å². The maximum atomic E-state index is 12.3. The van der Waals surface area contributed by atoms with E-state index in [1.807, 2.05) is 19.1 Å². The Balaban J connectivity index is 2.13. The van der Waals surface area contributed by atoms with Crippen molar-refractivity contribution in [2.24, 2.45) is 0 Å². The molecular weight excluding hydrogens is 228 g/mol. The zero-order valence-corrected chi connectivity index (χ0v) is 10.7. The highest BCUT2D eigenvalue weighted by Gasteiger charge is 2.27. The standard InChI is InChI=1S/C14H20N2O2/c1-14(18)7-4-9-16(10-8-14)13(17)11-5-2-3-6-12(11)15/h2-3,5-6,18H,4,7-10,15H2,1H3. The van der Waals surface area contributed by atoms with Crippen LogP contribution < -0.4 is 5.73 Å². The van der Waals surface area contributed by atoms with Gasteiger partial charge < -0.3 is 15.7 Å². The van der Waals surface area contributed by atoms with Gasteiger partial charge in [-0.2, -0.15) is 0 Å². The summed E-state index contributed by atoms with van der Waals surface area (Å²) >= 11 is 0. The Morgan fingerprint density at radius 1 is 1.33 bits per heavy atom. The van der Waals surface area contributed by atoms with E-state index in [0.717, 1.165) is 12.8 Å². The third kappa shape index (κ3) is 2.82. The number of carbonyl (C=O) groups is 1. The summed E-state index contributed by atoms with van der Waals surface area (Å²) in [5.41, 5.74) is 6.24. The molecule has 0 bridgehead atoms. The quantitative estimate of drug-likeness (QED) is 0.743. The number of hydrogen-bond acceptors (Lipinski definition) is 3. The van der Waals surface area contributed by atoms with Gasteiger partial charge in [0, 0.05) is 18.8 Å². The van der Waals surface area contributed by atoms with Crippen LogP contribution >= 0.6 is 0 Å². The third-order valence-electron chi connectivity index (χ3n) is 3.54. The Morgan fingerprint density at radius 2 is 2.06 bits per heavy atom. The summed E-state index contributed by atoms with van der Waals surface area (Å²) in [4.78, 5) is 14.1. The summed E-state index contributed by atoms with van der Waals surface area (Å²) in [5, 5.41) is 10.0. The number of aliphatic hydroxyl groups is 1. The first-order valence-corrected chi connectivity index (χ1v) is 6.36. The van der Waals surface area contributed by atoms with Crippen molar-refractivity contribution >= 4 is 11.6 Å². The molecule has 18 heavy (non-hydrogen) atoms. The molecule has 0 aromatic heterocycles. The van der Waals surface area contributed by atoms with Crippen molar-refractivity contribution in [1.29, 1.82) is 0 Å². The van der Waals surface area contributed by atoms with Crippen molar-refractivity contribution in [3.63, 3.8) is 0 Å². The number of benzene rings is 1. The van der Waals surface area contributed by atoms with Crippen LogP contribution in [0.3, 0.4) is 0 Å². The molecule has 0 spiro atoms. The van der Waals surface area contributed by atoms with Crippen LogP contribution in [0, 0.1) is 0 Å². The molecule has 1 unspecified atom stereocenters. The maximum Gasteiger partial charge on any atom is 0.255 e. The molecular formula is C14H20N2O2. The average Bonchev–Trinajstić information content (AvgIpc) is 2.50. The van der Waals surface area contributed by atoms with Gasteiger partial charge in [-0.25, -0.2) is 0 Å². The van der Waals surface area contributed by atoms with Crippen molar-refractivity contribution in [3.8, 4) is 0 Å². The van der Waals surface area contributed by atoms with Gasteiger partial charge >= 0.3 is 0 Å². The van der Waals surface area contributed by atoms with Crippen molar-refractivity contribution in [2.45, 2.75) is 31.8 Å². The monoisotopic (exact) mass is 248 g/mol. The second-order valence-electron chi connectivity index (χ2n) is 5.23. The van der Waals surface area contributed by atoms with Gasteiger partial charge in [0.25, 0.3) is 5.91 Å². The van der Waals surface area contributed by atoms with E-state index in [2.05, 4.69) is 0 Å². The summed E-state index contributed by atoms with van der Waals surface area (Å²) < 4.78 is 0. The number of hydrogen-bond donors (Lipinski definition) is 2. The van der Waals surface area contributed by atoms with Crippen molar-refractivity contribution in [1.82, 2.24) is 4.90 Å². The molecule has 2 rings (SSSR count). The molecule has 98 valence electrons. The Kier molecular flexibility index (Phi) is 3.57. The minimum Gasteiger partial charge on any atom is -0.398 e. The molecule has 1 aromatic carbocycles. The Morgan fingerprint density at radius 3 is 2.78 bits per heavy atom. The van der Waals surface area contributed by atoms with Crippen LogP contribution in [0.4, 0.5) is 5.69 Å². The van der Waals surface area contributed by atoms with Gasteiger partial charge in [0.15, 0.2) is 0 Å². The first-order chi connectivity index (χ1) is 8.49. The average molecular weight is 248 g/mol. The number of nitrogen functional groups attached to an aromatic ring is 1. The molecule has 1 aromatic rings. The van der Waals surface area contributed by atoms with E-state index in [9.17, 15) is 9.90 Å². The van der Waals surface area contributed by atoms with Crippen LogP contribution in [0.1, 0.15) is 36.5 Å². The Bertz CT molecular complexity index is 443. The largest absolute Gasteiger partial charge is 0.398 e. The van der Waals surface area contributed by atoms with Crippen molar-refractivity contribution in [2.75, 3.05) is 18.8 Å². The fourth-order valence-electron chi connectivity index (χ4n) is 2.33. The first-order valence-electron chi connectivity index (χ1n) is 6.36. The number of carbonyl (C=O) groups excluding carboxylic acids is 1. The third-order valence-corrected chi connectivity index (χ3v) is 3.54. The van der Waals surface area contributed by atoms with E-state index in [-0.39, 0.29) is 5.91 Å². The van der Waals surface area contributed by atoms with Crippen LogP contribution in [-0.4, -0.2) is 34.6 Å². The molecule has 3 N–H and O–H groups in total. The maximum absolute atomic E-state index is 12.3. The normalized spacial score (nSPS) is 24.7. The van der Waals surface area contributed by atoms with E-state index in [1.165, 1.54) is 0 Å². The molecule has 1 aliphatic rings. The molecule has 4 nitrogen and oxygen atoms in total.